The molecule has 0 spiro atoms. The SMILES string of the molecule is CCNC(=NCCCOCC1CC1)NCCCCCCC(=O)OC. The Bertz CT molecular complexity index is 357. The van der Waals surface area contributed by atoms with E-state index in [1.807, 2.05) is 0 Å². The molecule has 0 unspecified atom stereocenters. The Kier molecular flexibility index (Phi) is 12.2. The minimum absolute atomic E-state index is 0.115. The molecule has 0 heterocycles. The van der Waals surface area contributed by atoms with Gasteiger partial charge < -0.3 is 20.1 Å². The summed E-state index contributed by atoms with van der Waals surface area (Å²) in [7, 11) is 1.44. The van der Waals surface area contributed by atoms with Gasteiger partial charge in [-0.2, -0.15) is 0 Å². The molecule has 6 nitrogen and oxygen atoms in total. The van der Waals surface area contributed by atoms with Gasteiger partial charge in [-0.25, -0.2) is 0 Å². The van der Waals surface area contributed by atoms with Gasteiger partial charge in [-0.3, -0.25) is 9.79 Å². The van der Waals surface area contributed by atoms with Crippen LogP contribution in [0.2, 0.25) is 0 Å². The fourth-order valence-corrected chi connectivity index (χ4v) is 2.29. The molecule has 1 aliphatic carbocycles. The maximum Gasteiger partial charge on any atom is 0.305 e. The third-order valence-corrected chi connectivity index (χ3v) is 3.94. The minimum Gasteiger partial charge on any atom is -0.469 e. The van der Waals surface area contributed by atoms with Crippen molar-refractivity contribution >= 4 is 11.9 Å². The lowest BCUT2D eigenvalue weighted by molar-refractivity contribution is -0.140. The third kappa shape index (κ3) is 12.2. The minimum atomic E-state index is -0.115. The van der Waals surface area contributed by atoms with Gasteiger partial charge in [-0.1, -0.05) is 12.8 Å². The van der Waals surface area contributed by atoms with Crippen molar-refractivity contribution in [3.05, 3.63) is 0 Å². The van der Waals surface area contributed by atoms with E-state index in [0.29, 0.717) is 6.42 Å². The summed E-state index contributed by atoms with van der Waals surface area (Å²) in [5.41, 5.74) is 0. The van der Waals surface area contributed by atoms with Gasteiger partial charge in [0.2, 0.25) is 0 Å². The smallest absolute Gasteiger partial charge is 0.305 e. The summed E-state index contributed by atoms with van der Waals surface area (Å²) in [6.45, 7) is 6.37. The quantitative estimate of drug-likeness (QED) is 0.220. The lowest BCUT2D eigenvalue weighted by Crippen LogP contribution is -2.37. The number of carbonyl (C=O) groups excluding carboxylic acids is 1. The summed E-state index contributed by atoms with van der Waals surface area (Å²) >= 11 is 0. The van der Waals surface area contributed by atoms with Crippen LogP contribution in [0.15, 0.2) is 4.99 Å². The maximum absolute atomic E-state index is 11.0. The number of unbranched alkanes of at least 4 members (excludes halogenated alkanes) is 3. The van der Waals surface area contributed by atoms with E-state index in [9.17, 15) is 4.79 Å². The van der Waals surface area contributed by atoms with Crippen molar-refractivity contribution in [1.82, 2.24) is 10.6 Å². The molecule has 0 aromatic heterocycles. The van der Waals surface area contributed by atoms with Crippen molar-refractivity contribution < 1.29 is 14.3 Å². The molecule has 1 rings (SSSR count). The molecule has 6 heteroatoms. The van der Waals surface area contributed by atoms with Crippen LogP contribution in [0.4, 0.5) is 0 Å². The van der Waals surface area contributed by atoms with E-state index in [1.165, 1.54) is 20.0 Å². The molecular formula is C18H35N3O3. The average Bonchev–Trinajstić information content (AvgIpc) is 3.40. The fourth-order valence-electron chi connectivity index (χ4n) is 2.29. The van der Waals surface area contributed by atoms with E-state index in [2.05, 4.69) is 27.3 Å². The molecule has 0 aliphatic heterocycles. The largest absolute Gasteiger partial charge is 0.469 e. The Labute approximate surface area is 146 Å². The predicted molar refractivity (Wildman–Crippen MR) is 97.2 cm³/mol. The van der Waals surface area contributed by atoms with Crippen LogP contribution < -0.4 is 10.6 Å². The summed E-state index contributed by atoms with van der Waals surface area (Å²) in [6, 6.07) is 0. The highest BCUT2D eigenvalue weighted by molar-refractivity contribution is 5.79. The number of nitrogens with one attached hydrogen (secondary N) is 2. The molecule has 0 amide bonds. The molecule has 1 fully saturated rings. The molecule has 0 radical (unpaired) electrons. The van der Waals surface area contributed by atoms with Gasteiger partial charge in [0.15, 0.2) is 5.96 Å². The van der Waals surface area contributed by atoms with Gasteiger partial charge >= 0.3 is 5.97 Å². The fraction of sp³-hybridized carbons (Fsp3) is 0.889. The molecule has 0 saturated heterocycles. The highest BCUT2D eigenvalue weighted by atomic mass is 16.5. The molecule has 1 aliphatic rings. The molecule has 2 N–H and O–H groups in total. The molecule has 0 bridgehead atoms. The maximum atomic E-state index is 11.0. The van der Waals surface area contributed by atoms with Gasteiger partial charge in [0.1, 0.15) is 0 Å². The highest BCUT2D eigenvalue weighted by Gasteiger charge is 2.20. The Morgan fingerprint density at radius 1 is 1.12 bits per heavy atom. The van der Waals surface area contributed by atoms with Crippen molar-refractivity contribution in [3.8, 4) is 0 Å². The van der Waals surface area contributed by atoms with Crippen LogP contribution in [-0.2, 0) is 14.3 Å². The first-order valence-corrected chi connectivity index (χ1v) is 9.43. The number of aliphatic imine (C=N–C) groups is 1. The monoisotopic (exact) mass is 341 g/mol. The summed E-state index contributed by atoms with van der Waals surface area (Å²) < 4.78 is 10.2. The van der Waals surface area contributed by atoms with E-state index in [-0.39, 0.29) is 5.97 Å². The number of nitrogens with zero attached hydrogens (tertiary/aromatic N) is 1. The number of rotatable bonds is 14. The first-order chi connectivity index (χ1) is 11.8. The number of carbonyl (C=O) groups is 1. The zero-order valence-electron chi connectivity index (χ0n) is 15.4. The Morgan fingerprint density at radius 2 is 1.92 bits per heavy atom. The first-order valence-electron chi connectivity index (χ1n) is 9.43. The zero-order chi connectivity index (χ0) is 17.5. The molecule has 0 aromatic rings. The molecule has 24 heavy (non-hydrogen) atoms. The number of esters is 1. The van der Waals surface area contributed by atoms with E-state index in [4.69, 9.17) is 4.74 Å². The van der Waals surface area contributed by atoms with Crippen molar-refractivity contribution in [2.75, 3.05) is 40.0 Å². The number of guanidine groups is 1. The van der Waals surface area contributed by atoms with Gasteiger partial charge in [-0.05, 0) is 44.9 Å². The average molecular weight is 341 g/mol. The van der Waals surface area contributed by atoms with Crippen LogP contribution in [0.1, 0.15) is 58.3 Å². The summed E-state index contributed by atoms with van der Waals surface area (Å²) in [5, 5.41) is 6.62. The standard InChI is InChI=1S/C18H35N3O3/c1-3-19-18(21-13-8-14-24-15-16-10-11-16)20-12-7-5-4-6-9-17(22)23-2/h16H,3-15H2,1-2H3,(H2,19,20,21). The van der Waals surface area contributed by atoms with Gasteiger partial charge in [0, 0.05) is 39.3 Å². The lowest BCUT2D eigenvalue weighted by atomic mass is 10.1. The van der Waals surface area contributed by atoms with Gasteiger partial charge in [0.05, 0.1) is 7.11 Å². The second-order valence-electron chi connectivity index (χ2n) is 6.30. The Balaban J connectivity index is 1.97. The molecule has 0 atom stereocenters. The van der Waals surface area contributed by atoms with Crippen molar-refractivity contribution in [2.45, 2.75) is 58.3 Å². The normalized spacial score (nSPS) is 14.5. The molecule has 1 saturated carbocycles. The van der Waals surface area contributed by atoms with Gasteiger partial charge in [-0.15, -0.1) is 0 Å². The van der Waals surface area contributed by atoms with Crippen molar-refractivity contribution in [1.29, 1.82) is 0 Å². The van der Waals surface area contributed by atoms with E-state index >= 15 is 0 Å². The van der Waals surface area contributed by atoms with Crippen molar-refractivity contribution in [3.63, 3.8) is 0 Å². The highest BCUT2D eigenvalue weighted by Crippen LogP contribution is 2.28. The van der Waals surface area contributed by atoms with E-state index in [0.717, 1.165) is 76.8 Å². The van der Waals surface area contributed by atoms with Gasteiger partial charge in [0.25, 0.3) is 0 Å². The Hall–Kier alpha value is -1.30. The second kappa shape index (κ2) is 14.1. The lowest BCUT2D eigenvalue weighted by Gasteiger charge is -2.11. The summed E-state index contributed by atoms with van der Waals surface area (Å²) in [5.74, 6) is 1.60. The van der Waals surface area contributed by atoms with Crippen LogP contribution >= 0.6 is 0 Å². The predicted octanol–water partition coefficient (Wildman–Crippen LogP) is 2.48. The number of ether oxygens (including phenoxy) is 2. The summed E-state index contributed by atoms with van der Waals surface area (Å²) in [4.78, 5) is 15.6. The topological polar surface area (TPSA) is 72.0 Å². The van der Waals surface area contributed by atoms with Crippen LogP contribution in [0.3, 0.4) is 0 Å². The molecular weight excluding hydrogens is 306 g/mol. The van der Waals surface area contributed by atoms with Crippen LogP contribution in [-0.4, -0.2) is 51.9 Å². The zero-order valence-corrected chi connectivity index (χ0v) is 15.4. The summed E-state index contributed by atoms with van der Waals surface area (Å²) in [6.07, 6.45) is 8.33. The van der Waals surface area contributed by atoms with E-state index in [1.54, 1.807) is 0 Å². The van der Waals surface area contributed by atoms with Crippen molar-refractivity contribution in [2.24, 2.45) is 10.9 Å². The second-order valence-corrected chi connectivity index (χ2v) is 6.30. The van der Waals surface area contributed by atoms with E-state index < -0.39 is 0 Å². The number of hydrogen-bond acceptors (Lipinski definition) is 4. The van der Waals surface area contributed by atoms with Crippen LogP contribution in [0.25, 0.3) is 0 Å². The first kappa shape index (κ1) is 20.7. The third-order valence-electron chi connectivity index (χ3n) is 3.94. The van der Waals surface area contributed by atoms with Crippen LogP contribution in [0.5, 0.6) is 0 Å². The number of hydrogen-bond donors (Lipinski definition) is 2. The molecule has 0 aromatic carbocycles. The molecule has 140 valence electrons. The van der Waals surface area contributed by atoms with Crippen LogP contribution in [0, 0.1) is 5.92 Å². The number of methoxy groups -OCH3 is 1. The Morgan fingerprint density at radius 3 is 2.62 bits per heavy atom.